The van der Waals surface area contributed by atoms with Crippen LogP contribution in [0.1, 0.15) is 11.3 Å². The van der Waals surface area contributed by atoms with Crippen LogP contribution < -0.4 is 5.56 Å². The number of rotatable bonds is 4. The van der Waals surface area contributed by atoms with E-state index in [0.717, 1.165) is 43.7 Å². The van der Waals surface area contributed by atoms with E-state index in [1.807, 2.05) is 72.1 Å². The van der Waals surface area contributed by atoms with Gasteiger partial charge in [0.1, 0.15) is 0 Å². The summed E-state index contributed by atoms with van der Waals surface area (Å²) in [7, 11) is 0. The van der Waals surface area contributed by atoms with Crippen LogP contribution in [0.3, 0.4) is 0 Å². The van der Waals surface area contributed by atoms with Crippen molar-refractivity contribution in [2.24, 2.45) is 0 Å². The molecular formula is C26H18N2OS. The van der Waals surface area contributed by atoms with Crippen LogP contribution in [0.2, 0.25) is 0 Å². The van der Waals surface area contributed by atoms with Crippen molar-refractivity contribution in [3.05, 3.63) is 112 Å². The predicted molar refractivity (Wildman–Crippen MR) is 126 cm³/mol. The zero-order valence-electron chi connectivity index (χ0n) is 16.1. The minimum atomic E-state index is -0.0689. The van der Waals surface area contributed by atoms with Gasteiger partial charge in [-0.2, -0.15) is 0 Å². The van der Waals surface area contributed by atoms with Gasteiger partial charge in [0.25, 0.3) is 5.56 Å². The molecule has 30 heavy (non-hydrogen) atoms. The molecule has 5 aromatic rings. The number of fused-ring (bicyclic) bond motifs is 1. The molecular weight excluding hydrogens is 388 g/mol. The third-order valence-corrected chi connectivity index (χ3v) is 5.89. The van der Waals surface area contributed by atoms with Crippen LogP contribution in [0.15, 0.2) is 95.2 Å². The molecule has 0 aliphatic heterocycles. The highest BCUT2D eigenvalue weighted by atomic mass is 32.1. The molecule has 0 fully saturated rings. The first-order chi connectivity index (χ1) is 14.8. The van der Waals surface area contributed by atoms with Gasteiger partial charge < -0.3 is 4.98 Å². The molecule has 3 heterocycles. The molecule has 0 radical (unpaired) electrons. The molecule has 0 aliphatic carbocycles. The van der Waals surface area contributed by atoms with Gasteiger partial charge in [0, 0.05) is 27.5 Å². The van der Waals surface area contributed by atoms with Crippen LogP contribution in [-0.2, 0) is 0 Å². The zero-order chi connectivity index (χ0) is 20.3. The van der Waals surface area contributed by atoms with Crippen molar-refractivity contribution < 1.29 is 0 Å². The highest BCUT2D eigenvalue weighted by molar-refractivity contribution is 7.13. The Labute approximate surface area is 178 Å². The minimum absolute atomic E-state index is 0.0689. The first-order valence-electron chi connectivity index (χ1n) is 9.68. The van der Waals surface area contributed by atoms with Crippen molar-refractivity contribution in [1.29, 1.82) is 0 Å². The van der Waals surface area contributed by atoms with Gasteiger partial charge in [0.15, 0.2) is 0 Å². The molecule has 0 atom stereocenters. The van der Waals surface area contributed by atoms with Gasteiger partial charge in [-0.1, -0.05) is 54.6 Å². The van der Waals surface area contributed by atoms with E-state index in [4.69, 9.17) is 0 Å². The molecule has 0 saturated heterocycles. The van der Waals surface area contributed by atoms with Crippen LogP contribution in [0.4, 0.5) is 0 Å². The highest BCUT2D eigenvalue weighted by Crippen LogP contribution is 2.37. The molecule has 0 amide bonds. The molecule has 0 spiro atoms. The van der Waals surface area contributed by atoms with Crippen molar-refractivity contribution in [1.82, 2.24) is 9.97 Å². The van der Waals surface area contributed by atoms with E-state index in [0.29, 0.717) is 0 Å². The average molecular weight is 407 g/mol. The average Bonchev–Trinajstić information content (AvgIpc) is 3.32. The number of para-hydroxylation sites is 1. The smallest absolute Gasteiger partial charge is 0.257 e. The number of H-pyrrole nitrogens is 1. The topological polar surface area (TPSA) is 45.8 Å². The van der Waals surface area contributed by atoms with Crippen molar-refractivity contribution in [3.8, 4) is 21.6 Å². The van der Waals surface area contributed by atoms with Crippen molar-refractivity contribution in [2.45, 2.75) is 0 Å². The summed E-state index contributed by atoms with van der Waals surface area (Å²) in [6.07, 6.45) is 5.83. The Kier molecular flexibility index (Phi) is 4.83. The maximum absolute atomic E-state index is 13.1. The Bertz CT molecular complexity index is 1400. The molecule has 5 rings (SSSR count). The van der Waals surface area contributed by atoms with Crippen molar-refractivity contribution in [3.63, 3.8) is 0 Å². The fraction of sp³-hybridized carbons (Fsp3) is 0. The normalized spacial score (nSPS) is 11.3. The Hall–Kier alpha value is -3.76. The SMILES string of the molecule is O=c1[nH]c2ccccc2c(-c2cccc(C=Cc3ccccn3)c2)c1-c1cccs1. The van der Waals surface area contributed by atoms with Crippen LogP contribution in [-0.4, -0.2) is 9.97 Å². The predicted octanol–water partition coefficient (Wildman–Crippen LogP) is 6.49. The molecule has 0 unspecified atom stereocenters. The van der Waals surface area contributed by atoms with E-state index >= 15 is 0 Å². The summed E-state index contributed by atoms with van der Waals surface area (Å²) in [6.45, 7) is 0. The van der Waals surface area contributed by atoms with Gasteiger partial charge in [0.2, 0.25) is 0 Å². The fourth-order valence-electron chi connectivity index (χ4n) is 3.65. The number of nitrogens with zero attached hydrogens (tertiary/aromatic N) is 1. The van der Waals surface area contributed by atoms with E-state index in [1.54, 1.807) is 17.5 Å². The Morgan fingerprint density at radius 1 is 0.833 bits per heavy atom. The lowest BCUT2D eigenvalue weighted by atomic mass is 9.94. The molecule has 3 nitrogen and oxygen atoms in total. The number of benzene rings is 2. The third-order valence-electron chi connectivity index (χ3n) is 5.00. The molecule has 0 bridgehead atoms. The molecule has 4 heteroatoms. The number of aromatic nitrogens is 2. The summed E-state index contributed by atoms with van der Waals surface area (Å²) in [4.78, 5) is 21.4. The second-order valence-corrected chi connectivity index (χ2v) is 7.89. The van der Waals surface area contributed by atoms with E-state index in [1.165, 1.54) is 0 Å². The van der Waals surface area contributed by atoms with Gasteiger partial charge in [-0.15, -0.1) is 11.3 Å². The molecule has 2 aromatic carbocycles. The summed E-state index contributed by atoms with van der Waals surface area (Å²) in [5, 5.41) is 3.03. The third kappa shape index (κ3) is 3.49. The molecule has 0 aliphatic rings. The number of nitrogens with one attached hydrogen (secondary N) is 1. The fourth-order valence-corrected chi connectivity index (χ4v) is 4.43. The largest absolute Gasteiger partial charge is 0.321 e. The lowest BCUT2D eigenvalue weighted by molar-refractivity contribution is 1.30. The van der Waals surface area contributed by atoms with Crippen LogP contribution in [0.5, 0.6) is 0 Å². The lowest BCUT2D eigenvalue weighted by Gasteiger charge is -2.12. The first-order valence-corrected chi connectivity index (χ1v) is 10.6. The summed E-state index contributed by atoms with van der Waals surface area (Å²) in [5.74, 6) is 0. The van der Waals surface area contributed by atoms with Crippen molar-refractivity contribution in [2.75, 3.05) is 0 Å². The number of hydrogen-bond donors (Lipinski definition) is 1. The Balaban J connectivity index is 1.71. The Morgan fingerprint density at radius 3 is 2.57 bits per heavy atom. The van der Waals surface area contributed by atoms with Gasteiger partial charge in [-0.25, -0.2) is 0 Å². The van der Waals surface area contributed by atoms with Crippen LogP contribution >= 0.6 is 11.3 Å². The molecule has 0 saturated carbocycles. The summed E-state index contributed by atoms with van der Waals surface area (Å²) in [6, 6.07) is 26.1. The molecule has 3 aromatic heterocycles. The number of aromatic amines is 1. The van der Waals surface area contributed by atoms with E-state index < -0.39 is 0 Å². The van der Waals surface area contributed by atoms with E-state index in [2.05, 4.69) is 34.2 Å². The van der Waals surface area contributed by atoms with Gasteiger partial charge in [-0.05, 0) is 52.9 Å². The molecule has 144 valence electrons. The standard InChI is InChI=1S/C26H18N2OS/c29-26-25(23-12-6-16-30-23)24(21-10-1-2-11-22(21)28-26)19-8-5-7-18(17-19)13-14-20-9-3-4-15-27-20/h1-17H,(H,28,29). The maximum Gasteiger partial charge on any atom is 0.257 e. The zero-order valence-corrected chi connectivity index (χ0v) is 16.9. The number of thiophene rings is 1. The lowest BCUT2D eigenvalue weighted by Crippen LogP contribution is -2.10. The summed E-state index contributed by atoms with van der Waals surface area (Å²) in [5.41, 5.74) is 5.43. The maximum atomic E-state index is 13.1. The Morgan fingerprint density at radius 2 is 1.73 bits per heavy atom. The minimum Gasteiger partial charge on any atom is -0.321 e. The monoisotopic (exact) mass is 406 g/mol. The molecule has 1 N–H and O–H groups in total. The number of hydrogen-bond acceptors (Lipinski definition) is 3. The quantitative estimate of drug-likeness (QED) is 0.371. The van der Waals surface area contributed by atoms with Crippen LogP contribution in [0, 0.1) is 0 Å². The van der Waals surface area contributed by atoms with Crippen LogP contribution in [0.25, 0.3) is 44.6 Å². The summed E-state index contributed by atoms with van der Waals surface area (Å²) >= 11 is 1.58. The van der Waals surface area contributed by atoms with E-state index in [9.17, 15) is 4.79 Å². The second-order valence-electron chi connectivity index (χ2n) is 6.94. The van der Waals surface area contributed by atoms with Crippen molar-refractivity contribution >= 4 is 34.4 Å². The second kappa shape index (κ2) is 7.93. The highest BCUT2D eigenvalue weighted by Gasteiger charge is 2.17. The van der Waals surface area contributed by atoms with Gasteiger partial charge >= 0.3 is 0 Å². The van der Waals surface area contributed by atoms with E-state index in [-0.39, 0.29) is 5.56 Å². The van der Waals surface area contributed by atoms with Gasteiger partial charge in [0.05, 0.1) is 11.3 Å². The van der Waals surface area contributed by atoms with Gasteiger partial charge in [-0.3, -0.25) is 9.78 Å². The number of pyridine rings is 2. The summed E-state index contributed by atoms with van der Waals surface area (Å²) < 4.78 is 0. The first kappa shape index (κ1) is 18.3.